The first kappa shape index (κ1) is 21.2. The molecule has 1 unspecified atom stereocenters. The average molecular weight is 407 g/mol. The molecule has 28 heavy (non-hydrogen) atoms. The summed E-state index contributed by atoms with van der Waals surface area (Å²) in [6.07, 6.45) is 0.503. The maximum atomic E-state index is 12.5. The minimum Gasteiger partial charge on any atom is -0.494 e. The van der Waals surface area contributed by atoms with Gasteiger partial charge in [0.1, 0.15) is 10.8 Å². The Morgan fingerprint density at radius 1 is 1.25 bits per heavy atom. The third-order valence-electron chi connectivity index (χ3n) is 3.84. The molecule has 2 N–H and O–H groups in total. The van der Waals surface area contributed by atoms with E-state index in [0.29, 0.717) is 17.9 Å². The van der Waals surface area contributed by atoms with Gasteiger partial charge in [0.15, 0.2) is 0 Å². The summed E-state index contributed by atoms with van der Waals surface area (Å²) in [6.45, 7) is 2.54. The Kier molecular flexibility index (Phi) is 7.34. The molecule has 0 aliphatic carbocycles. The standard InChI is InChI=1S/C19H19ClN2O6/c1-2-9-28-14-6-3-12(4-7-14)16(11-18(23)24)21-19(25)13-5-8-15(20)17(10-13)22(26)27/h3-8,10,16H,2,9,11H2,1H3,(H,21,25)(H,23,24). The van der Waals surface area contributed by atoms with Crippen LogP contribution in [0.15, 0.2) is 42.5 Å². The number of amides is 1. The molecule has 0 spiro atoms. The Balaban J connectivity index is 2.22. The zero-order valence-electron chi connectivity index (χ0n) is 15.1. The SMILES string of the molecule is CCCOc1ccc(C(CC(=O)O)NC(=O)c2ccc(Cl)c([N+](=O)[O-])c2)cc1. The smallest absolute Gasteiger partial charge is 0.305 e. The molecule has 0 aliphatic heterocycles. The number of rotatable bonds is 9. The summed E-state index contributed by atoms with van der Waals surface area (Å²) >= 11 is 5.75. The van der Waals surface area contributed by atoms with Gasteiger partial charge in [0.2, 0.25) is 0 Å². The van der Waals surface area contributed by atoms with Gasteiger partial charge in [-0.3, -0.25) is 19.7 Å². The lowest BCUT2D eigenvalue weighted by molar-refractivity contribution is -0.384. The maximum absolute atomic E-state index is 12.5. The number of carboxylic acid groups (broad SMARTS) is 1. The van der Waals surface area contributed by atoms with Crippen molar-refractivity contribution in [2.75, 3.05) is 6.61 Å². The number of carbonyl (C=O) groups excluding carboxylic acids is 1. The van der Waals surface area contributed by atoms with Crippen molar-refractivity contribution in [2.24, 2.45) is 0 Å². The second kappa shape index (κ2) is 9.70. The van der Waals surface area contributed by atoms with Crippen molar-refractivity contribution in [1.82, 2.24) is 5.32 Å². The van der Waals surface area contributed by atoms with E-state index in [0.717, 1.165) is 12.5 Å². The molecule has 0 aromatic heterocycles. The van der Waals surface area contributed by atoms with Gasteiger partial charge in [-0.05, 0) is 36.2 Å². The lowest BCUT2D eigenvalue weighted by Gasteiger charge is -2.18. The number of nitro benzene ring substituents is 1. The number of hydrogen-bond donors (Lipinski definition) is 2. The van der Waals surface area contributed by atoms with Crippen LogP contribution in [-0.2, 0) is 4.79 Å². The van der Waals surface area contributed by atoms with E-state index >= 15 is 0 Å². The molecule has 0 aliphatic rings. The van der Waals surface area contributed by atoms with E-state index in [1.807, 2.05) is 6.92 Å². The summed E-state index contributed by atoms with van der Waals surface area (Å²) in [6, 6.07) is 9.55. The molecule has 0 saturated heterocycles. The summed E-state index contributed by atoms with van der Waals surface area (Å²) in [5.41, 5.74) is 0.180. The molecule has 8 nitrogen and oxygen atoms in total. The zero-order chi connectivity index (χ0) is 20.7. The van der Waals surface area contributed by atoms with Crippen LogP contribution in [0.25, 0.3) is 0 Å². The first-order valence-electron chi connectivity index (χ1n) is 8.51. The highest BCUT2D eigenvalue weighted by Gasteiger charge is 2.21. The lowest BCUT2D eigenvalue weighted by Crippen LogP contribution is -2.30. The number of nitro groups is 1. The van der Waals surface area contributed by atoms with Crippen LogP contribution in [0.3, 0.4) is 0 Å². The molecule has 2 rings (SSSR count). The van der Waals surface area contributed by atoms with Crippen LogP contribution in [0, 0.1) is 10.1 Å². The van der Waals surface area contributed by atoms with Gasteiger partial charge >= 0.3 is 5.97 Å². The highest BCUT2D eigenvalue weighted by atomic mass is 35.5. The first-order chi connectivity index (χ1) is 13.3. The largest absolute Gasteiger partial charge is 0.494 e. The summed E-state index contributed by atoms with van der Waals surface area (Å²) < 4.78 is 5.49. The Hall–Kier alpha value is -3.13. The van der Waals surface area contributed by atoms with Gasteiger partial charge in [-0.25, -0.2) is 0 Å². The van der Waals surface area contributed by atoms with Crippen molar-refractivity contribution in [2.45, 2.75) is 25.8 Å². The Morgan fingerprint density at radius 3 is 2.50 bits per heavy atom. The topological polar surface area (TPSA) is 119 Å². The van der Waals surface area contributed by atoms with Crippen LogP contribution in [0.5, 0.6) is 5.75 Å². The van der Waals surface area contributed by atoms with E-state index in [-0.39, 0.29) is 17.0 Å². The molecular weight excluding hydrogens is 388 g/mol. The Labute approximate surface area is 166 Å². The summed E-state index contributed by atoms with van der Waals surface area (Å²) in [7, 11) is 0. The van der Waals surface area contributed by atoms with E-state index in [4.69, 9.17) is 21.4 Å². The summed E-state index contributed by atoms with van der Waals surface area (Å²) in [5, 5.41) is 22.7. The highest BCUT2D eigenvalue weighted by Crippen LogP contribution is 2.26. The molecule has 148 valence electrons. The molecule has 0 saturated carbocycles. The van der Waals surface area contributed by atoms with Crippen molar-refractivity contribution < 1.29 is 24.4 Å². The number of carbonyl (C=O) groups is 2. The fraction of sp³-hybridized carbons (Fsp3) is 0.263. The van der Waals surface area contributed by atoms with Crippen LogP contribution in [0.2, 0.25) is 5.02 Å². The number of carboxylic acids is 1. The minimum atomic E-state index is -1.10. The number of nitrogens with zero attached hydrogens (tertiary/aromatic N) is 1. The van der Waals surface area contributed by atoms with Crippen LogP contribution < -0.4 is 10.1 Å². The van der Waals surface area contributed by atoms with Crippen LogP contribution >= 0.6 is 11.6 Å². The molecule has 1 amide bonds. The molecule has 2 aromatic rings. The van der Waals surface area contributed by atoms with Gasteiger partial charge in [-0.1, -0.05) is 30.7 Å². The monoisotopic (exact) mass is 406 g/mol. The summed E-state index contributed by atoms with van der Waals surface area (Å²) in [5.74, 6) is -1.10. The van der Waals surface area contributed by atoms with Crippen molar-refractivity contribution >= 4 is 29.2 Å². The Bertz CT molecular complexity index is 869. The van der Waals surface area contributed by atoms with Gasteiger partial charge < -0.3 is 15.2 Å². The predicted octanol–water partition coefficient (Wildman–Crippen LogP) is 3.98. The Morgan fingerprint density at radius 2 is 1.93 bits per heavy atom. The third kappa shape index (κ3) is 5.68. The van der Waals surface area contributed by atoms with Gasteiger partial charge in [0.25, 0.3) is 11.6 Å². The predicted molar refractivity (Wildman–Crippen MR) is 103 cm³/mol. The normalized spacial score (nSPS) is 11.5. The number of benzene rings is 2. The minimum absolute atomic E-state index is 0.00869. The molecule has 9 heteroatoms. The van der Waals surface area contributed by atoms with E-state index < -0.39 is 28.5 Å². The highest BCUT2D eigenvalue weighted by molar-refractivity contribution is 6.32. The van der Waals surface area contributed by atoms with Gasteiger partial charge in [0.05, 0.1) is 24.0 Å². The van der Waals surface area contributed by atoms with E-state index in [2.05, 4.69) is 5.32 Å². The van der Waals surface area contributed by atoms with Crippen molar-refractivity contribution in [1.29, 1.82) is 0 Å². The van der Waals surface area contributed by atoms with Gasteiger partial charge in [0, 0.05) is 11.6 Å². The van der Waals surface area contributed by atoms with Crippen molar-refractivity contribution in [3.63, 3.8) is 0 Å². The van der Waals surface area contributed by atoms with Crippen LogP contribution in [-0.4, -0.2) is 28.5 Å². The second-order valence-electron chi connectivity index (χ2n) is 5.96. The van der Waals surface area contributed by atoms with Crippen LogP contribution in [0.1, 0.15) is 41.7 Å². The molecule has 0 fully saturated rings. The van der Waals surface area contributed by atoms with Gasteiger partial charge in [-0.15, -0.1) is 0 Å². The molecule has 0 heterocycles. The lowest BCUT2D eigenvalue weighted by atomic mass is 10.0. The molecule has 2 aromatic carbocycles. The molecule has 0 bridgehead atoms. The second-order valence-corrected chi connectivity index (χ2v) is 6.37. The number of ether oxygens (including phenoxy) is 1. The molecule has 1 atom stereocenters. The molecular formula is C19H19ClN2O6. The fourth-order valence-electron chi connectivity index (χ4n) is 2.48. The number of nitrogens with one attached hydrogen (secondary N) is 1. The third-order valence-corrected chi connectivity index (χ3v) is 4.16. The summed E-state index contributed by atoms with van der Waals surface area (Å²) in [4.78, 5) is 34.0. The fourth-order valence-corrected chi connectivity index (χ4v) is 2.67. The maximum Gasteiger partial charge on any atom is 0.305 e. The first-order valence-corrected chi connectivity index (χ1v) is 8.89. The van der Waals surface area contributed by atoms with Crippen LogP contribution in [0.4, 0.5) is 5.69 Å². The molecule has 0 radical (unpaired) electrons. The van der Waals surface area contributed by atoms with E-state index in [9.17, 15) is 19.7 Å². The van der Waals surface area contributed by atoms with Crippen molar-refractivity contribution in [3.05, 3.63) is 68.7 Å². The van der Waals surface area contributed by atoms with Gasteiger partial charge in [-0.2, -0.15) is 0 Å². The quantitative estimate of drug-likeness (QED) is 0.480. The van der Waals surface area contributed by atoms with E-state index in [1.54, 1.807) is 24.3 Å². The zero-order valence-corrected chi connectivity index (χ0v) is 15.8. The van der Waals surface area contributed by atoms with E-state index in [1.165, 1.54) is 12.1 Å². The number of aliphatic carboxylic acids is 1. The average Bonchev–Trinajstić information content (AvgIpc) is 2.66. The number of hydrogen-bond acceptors (Lipinski definition) is 5. The number of halogens is 1. The van der Waals surface area contributed by atoms with Crippen molar-refractivity contribution in [3.8, 4) is 5.75 Å².